The number of ether oxygens (including phenoxy) is 3. The Hall–Kier alpha value is -2.64. The molecule has 2 aromatic rings. The quantitative estimate of drug-likeness (QED) is 0.594. The number of carboxylic acids is 1. The van der Waals surface area contributed by atoms with Gasteiger partial charge in [0.2, 0.25) is 0 Å². The minimum Gasteiger partial charge on any atom is -0.493 e. The number of nitrogens with one attached hydrogen (secondary N) is 1. The van der Waals surface area contributed by atoms with E-state index in [1.165, 1.54) is 12.1 Å². The van der Waals surface area contributed by atoms with Gasteiger partial charge in [-0.3, -0.25) is 0 Å². The summed E-state index contributed by atoms with van der Waals surface area (Å²) in [6.07, 6.45) is 0.996. The number of halogens is 1. The van der Waals surface area contributed by atoms with Crippen LogP contribution in [0.1, 0.15) is 17.9 Å². The molecule has 1 heterocycles. The third kappa shape index (κ3) is 6.73. The SMILES string of the molecule is O=C(O)COCCOc1ccc(OC[C@@H]2CNCC[C@H]2c2ccc(F)cc2)cc1. The summed E-state index contributed by atoms with van der Waals surface area (Å²) >= 11 is 0. The van der Waals surface area contributed by atoms with Crippen molar-refractivity contribution in [3.63, 3.8) is 0 Å². The van der Waals surface area contributed by atoms with Crippen molar-refractivity contribution in [1.29, 1.82) is 0 Å². The van der Waals surface area contributed by atoms with Gasteiger partial charge in [0.1, 0.15) is 30.5 Å². The number of carboxylic acid groups (broad SMARTS) is 1. The molecular weight excluding hydrogens is 377 g/mol. The van der Waals surface area contributed by atoms with Gasteiger partial charge in [0.05, 0.1) is 13.2 Å². The van der Waals surface area contributed by atoms with Crippen LogP contribution < -0.4 is 14.8 Å². The molecule has 1 saturated heterocycles. The first-order chi connectivity index (χ1) is 14.1. The number of carbonyl (C=O) groups is 1. The van der Waals surface area contributed by atoms with Crippen LogP contribution in [-0.2, 0) is 9.53 Å². The summed E-state index contributed by atoms with van der Waals surface area (Å²) in [6.45, 7) is 2.54. The maximum absolute atomic E-state index is 13.2. The minimum absolute atomic E-state index is 0.212. The molecule has 0 amide bonds. The smallest absolute Gasteiger partial charge is 0.329 e. The molecule has 0 bridgehead atoms. The van der Waals surface area contributed by atoms with Gasteiger partial charge in [-0.25, -0.2) is 9.18 Å². The van der Waals surface area contributed by atoms with E-state index in [0.29, 0.717) is 24.2 Å². The molecule has 0 spiro atoms. The Morgan fingerprint density at radius 2 is 1.72 bits per heavy atom. The Balaban J connectivity index is 1.47. The van der Waals surface area contributed by atoms with E-state index >= 15 is 0 Å². The van der Waals surface area contributed by atoms with E-state index in [4.69, 9.17) is 19.3 Å². The Morgan fingerprint density at radius 3 is 2.41 bits per heavy atom. The maximum Gasteiger partial charge on any atom is 0.329 e. The Morgan fingerprint density at radius 1 is 1.03 bits per heavy atom. The van der Waals surface area contributed by atoms with Gasteiger partial charge in [-0.05, 0) is 60.8 Å². The van der Waals surface area contributed by atoms with Crippen molar-refractivity contribution < 1.29 is 28.5 Å². The first kappa shape index (κ1) is 21.1. The fourth-order valence-electron chi connectivity index (χ4n) is 3.46. The van der Waals surface area contributed by atoms with Gasteiger partial charge in [0, 0.05) is 12.5 Å². The van der Waals surface area contributed by atoms with Crippen LogP contribution in [0.2, 0.25) is 0 Å². The Kier molecular flexibility index (Phi) is 7.84. The van der Waals surface area contributed by atoms with Crippen LogP contribution in [0.5, 0.6) is 11.5 Å². The van der Waals surface area contributed by atoms with Crippen molar-refractivity contribution in [2.75, 3.05) is 39.5 Å². The molecule has 1 fully saturated rings. The number of piperidine rings is 1. The number of hydrogen-bond acceptors (Lipinski definition) is 5. The van der Waals surface area contributed by atoms with E-state index in [1.54, 1.807) is 0 Å². The lowest BCUT2D eigenvalue weighted by Gasteiger charge is -2.32. The molecule has 0 aromatic heterocycles. The lowest BCUT2D eigenvalue weighted by Crippen LogP contribution is -2.38. The fourth-order valence-corrected chi connectivity index (χ4v) is 3.46. The van der Waals surface area contributed by atoms with Crippen LogP contribution in [-0.4, -0.2) is 50.6 Å². The molecule has 2 atom stereocenters. The van der Waals surface area contributed by atoms with Gasteiger partial charge in [0.25, 0.3) is 0 Å². The topological polar surface area (TPSA) is 77.0 Å². The summed E-state index contributed by atoms with van der Waals surface area (Å²) in [4.78, 5) is 10.4. The van der Waals surface area contributed by atoms with Gasteiger partial charge >= 0.3 is 5.97 Å². The van der Waals surface area contributed by atoms with Crippen molar-refractivity contribution in [2.24, 2.45) is 5.92 Å². The number of benzene rings is 2. The summed E-state index contributed by atoms with van der Waals surface area (Å²) < 4.78 is 29.6. The van der Waals surface area contributed by atoms with Gasteiger partial charge in [-0.2, -0.15) is 0 Å². The van der Waals surface area contributed by atoms with Gasteiger partial charge in [-0.15, -0.1) is 0 Å². The van der Waals surface area contributed by atoms with Crippen LogP contribution >= 0.6 is 0 Å². The highest BCUT2D eigenvalue weighted by Gasteiger charge is 2.27. The second-order valence-corrected chi connectivity index (χ2v) is 6.99. The van der Waals surface area contributed by atoms with E-state index in [9.17, 15) is 9.18 Å². The third-order valence-corrected chi connectivity index (χ3v) is 4.92. The molecule has 2 aromatic carbocycles. The molecule has 0 unspecified atom stereocenters. The van der Waals surface area contributed by atoms with E-state index in [1.807, 2.05) is 36.4 Å². The molecule has 2 N–H and O–H groups in total. The maximum atomic E-state index is 13.2. The third-order valence-electron chi connectivity index (χ3n) is 4.92. The number of hydrogen-bond donors (Lipinski definition) is 2. The first-order valence-corrected chi connectivity index (χ1v) is 9.73. The highest BCUT2D eigenvalue weighted by molar-refractivity contribution is 5.67. The second-order valence-electron chi connectivity index (χ2n) is 6.99. The highest BCUT2D eigenvalue weighted by Crippen LogP contribution is 2.31. The predicted octanol–water partition coefficient (Wildman–Crippen LogP) is 3.08. The number of rotatable bonds is 10. The monoisotopic (exact) mass is 403 g/mol. The molecule has 3 rings (SSSR count). The van der Waals surface area contributed by atoms with Crippen molar-refractivity contribution in [2.45, 2.75) is 12.3 Å². The Bertz CT molecular complexity index is 766. The lowest BCUT2D eigenvalue weighted by molar-refractivity contribution is -0.142. The van der Waals surface area contributed by atoms with E-state index in [2.05, 4.69) is 5.32 Å². The Labute approximate surface area is 169 Å². The molecule has 1 aliphatic rings. The largest absolute Gasteiger partial charge is 0.493 e. The van der Waals surface area contributed by atoms with E-state index in [0.717, 1.165) is 30.8 Å². The molecule has 29 heavy (non-hydrogen) atoms. The first-order valence-electron chi connectivity index (χ1n) is 9.73. The van der Waals surface area contributed by atoms with Crippen molar-refractivity contribution in [3.05, 3.63) is 59.9 Å². The minimum atomic E-state index is -0.999. The zero-order valence-electron chi connectivity index (χ0n) is 16.2. The van der Waals surface area contributed by atoms with Crippen LogP contribution in [0, 0.1) is 11.7 Å². The zero-order chi connectivity index (χ0) is 20.5. The van der Waals surface area contributed by atoms with Gasteiger partial charge in [-0.1, -0.05) is 12.1 Å². The zero-order valence-corrected chi connectivity index (χ0v) is 16.2. The van der Waals surface area contributed by atoms with E-state index < -0.39 is 5.97 Å². The number of aliphatic carboxylic acids is 1. The average molecular weight is 403 g/mol. The van der Waals surface area contributed by atoms with Crippen LogP contribution in [0.25, 0.3) is 0 Å². The van der Waals surface area contributed by atoms with Crippen molar-refractivity contribution in [3.8, 4) is 11.5 Å². The van der Waals surface area contributed by atoms with Crippen LogP contribution in [0.15, 0.2) is 48.5 Å². The van der Waals surface area contributed by atoms with Crippen molar-refractivity contribution in [1.82, 2.24) is 5.32 Å². The molecule has 7 heteroatoms. The molecule has 0 radical (unpaired) electrons. The summed E-state index contributed by atoms with van der Waals surface area (Å²) in [5.41, 5.74) is 1.15. The van der Waals surface area contributed by atoms with Crippen LogP contribution in [0.4, 0.5) is 4.39 Å². The van der Waals surface area contributed by atoms with Gasteiger partial charge in [0.15, 0.2) is 0 Å². The summed E-state index contributed by atoms with van der Waals surface area (Å²) in [7, 11) is 0. The summed E-state index contributed by atoms with van der Waals surface area (Å²) in [5, 5.41) is 11.9. The average Bonchev–Trinajstić information content (AvgIpc) is 2.73. The molecule has 1 aliphatic heterocycles. The van der Waals surface area contributed by atoms with E-state index in [-0.39, 0.29) is 25.6 Å². The van der Waals surface area contributed by atoms with Crippen LogP contribution in [0.3, 0.4) is 0 Å². The van der Waals surface area contributed by atoms with Gasteiger partial charge < -0.3 is 24.6 Å². The molecule has 0 aliphatic carbocycles. The predicted molar refractivity (Wildman–Crippen MR) is 106 cm³/mol. The fraction of sp³-hybridized carbons (Fsp3) is 0.409. The molecule has 0 saturated carbocycles. The normalized spacial score (nSPS) is 18.9. The highest BCUT2D eigenvalue weighted by atomic mass is 19.1. The second kappa shape index (κ2) is 10.8. The standard InChI is InChI=1S/C22H26FNO5/c23-18-3-1-16(2-4-18)21-9-10-24-13-17(21)14-29-20-7-5-19(6-8-20)28-12-11-27-15-22(25)26/h1-8,17,21,24H,9-15H2,(H,25,26)/t17-,21-/m0/s1. The van der Waals surface area contributed by atoms with Crippen molar-refractivity contribution >= 4 is 5.97 Å². The molecule has 6 nitrogen and oxygen atoms in total. The molecular formula is C22H26FNO5. The molecule has 156 valence electrons. The lowest BCUT2D eigenvalue weighted by atomic mass is 9.81. The summed E-state index contributed by atoms with van der Waals surface area (Å²) in [6, 6.07) is 14.1. The summed E-state index contributed by atoms with van der Waals surface area (Å²) in [5.74, 6) is 0.845.